The molecule has 0 aliphatic carbocycles. The maximum absolute atomic E-state index is 10.4. The summed E-state index contributed by atoms with van der Waals surface area (Å²) in [6, 6.07) is 8.42. The molecule has 1 aromatic carbocycles. The molecule has 0 bridgehead atoms. The fourth-order valence-electron chi connectivity index (χ4n) is 3.04. The van der Waals surface area contributed by atoms with Crippen molar-refractivity contribution in [3.8, 4) is 11.8 Å². The highest BCUT2D eigenvalue weighted by atomic mass is 16.5. The van der Waals surface area contributed by atoms with Gasteiger partial charge in [0.25, 0.3) is 0 Å². The minimum atomic E-state index is -0.752. The maximum atomic E-state index is 10.4. The normalized spacial score (nSPS) is 10.5. The van der Waals surface area contributed by atoms with Gasteiger partial charge in [-0.05, 0) is 24.0 Å². The van der Waals surface area contributed by atoms with Gasteiger partial charge < -0.3 is 9.84 Å². The number of ether oxygens (including phenoxy) is 1. The van der Waals surface area contributed by atoms with Gasteiger partial charge in [-0.3, -0.25) is 4.79 Å². The fraction of sp³-hybridized carbons (Fsp3) is 0.640. The molecule has 0 aromatic heterocycles. The summed E-state index contributed by atoms with van der Waals surface area (Å²) in [6.45, 7) is 3.79. The van der Waals surface area contributed by atoms with Crippen LogP contribution >= 0.6 is 0 Å². The first-order chi connectivity index (χ1) is 13.7. The topological polar surface area (TPSA) is 46.5 Å². The predicted molar refractivity (Wildman–Crippen MR) is 116 cm³/mol. The van der Waals surface area contributed by atoms with Gasteiger partial charge in [-0.2, -0.15) is 0 Å². The quantitative estimate of drug-likeness (QED) is 0.259. The van der Waals surface area contributed by atoms with Gasteiger partial charge in [0.15, 0.2) is 0 Å². The summed E-state index contributed by atoms with van der Waals surface area (Å²) in [4.78, 5) is 10.4. The van der Waals surface area contributed by atoms with Crippen molar-refractivity contribution in [2.24, 2.45) is 0 Å². The van der Waals surface area contributed by atoms with Gasteiger partial charge in [-0.15, -0.1) is 5.92 Å². The lowest BCUT2D eigenvalue weighted by Crippen LogP contribution is -1.96. The van der Waals surface area contributed by atoms with Gasteiger partial charge in [-0.25, -0.2) is 0 Å². The Bertz CT molecular complexity index is 566. The maximum Gasteiger partial charge on any atom is 0.303 e. The number of carboxylic acids is 1. The summed E-state index contributed by atoms with van der Waals surface area (Å²) in [7, 11) is 0. The smallest absolute Gasteiger partial charge is 0.303 e. The van der Waals surface area contributed by atoms with E-state index in [0.29, 0.717) is 25.9 Å². The van der Waals surface area contributed by atoms with Gasteiger partial charge in [0.1, 0.15) is 0 Å². The second-order valence-corrected chi connectivity index (χ2v) is 7.48. The van der Waals surface area contributed by atoms with Crippen LogP contribution in [0.25, 0.3) is 0 Å². The van der Waals surface area contributed by atoms with E-state index >= 15 is 0 Å². The average Bonchev–Trinajstić information content (AvgIpc) is 2.69. The molecule has 0 spiro atoms. The zero-order valence-corrected chi connectivity index (χ0v) is 17.7. The van der Waals surface area contributed by atoms with E-state index in [4.69, 9.17) is 9.84 Å². The van der Waals surface area contributed by atoms with Crippen LogP contribution in [0, 0.1) is 11.8 Å². The van der Waals surface area contributed by atoms with Crippen LogP contribution in [0.2, 0.25) is 0 Å². The number of unbranched alkanes of at least 4 members (excludes halogenated alkanes) is 9. The zero-order chi connectivity index (χ0) is 20.3. The molecular weight excluding hydrogens is 348 g/mol. The minimum Gasteiger partial charge on any atom is -0.481 e. The third-order valence-corrected chi connectivity index (χ3v) is 4.79. The van der Waals surface area contributed by atoms with E-state index in [9.17, 15) is 4.79 Å². The van der Waals surface area contributed by atoms with Crippen LogP contribution < -0.4 is 0 Å². The molecule has 0 heterocycles. The molecule has 0 radical (unpaired) electrons. The first-order valence-electron chi connectivity index (χ1n) is 11.1. The Labute approximate surface area is 171 Å². The van der Waals surface area contributed by atoms with Crippen LogP contribution in [-0.4, -0.2) is 17.7 Å². The second-order valence-electron chi connectivity index (χ2n) is 7.48. The van der Waals surface area contributed by atoms with E-state index in [-0.39, 0.29) is 6.42 Å². The van der Waals surface area contributed by atoms with Gasteiger partial charge in [-0.1, -0.05) is 88.5 Å². The lowest BCUT2D eigenvalue weighted by Gasteiger charge is -2.05. The molecule has 0 fully saturated rings. The molecule has 0 saturated heterocycles. The first kappa shape index (κ1) is 24.2. The van der Waals surface area contributed by atoms with Crippen molar-refractivity contribution in [1.29, 1.82) is 0 Å². The molecule has 28 heavy (non-hydrogen) atoms. The summed E-state index contributed by atoms with van der Waals surface area (Å²) in [5, 5.41) is 8.57. The molecule has 1 aromatic rings. The highest BCUT2D eigenvalue weighted by molar-refractivity contribution is 5.66. The van der Waals surface area contributed by atoms with Gasteiger partial charge in [0, 0.05) is 25.9 Å². The third kappa shape index (κ3) is 14.3. The summed E-state index contributed by atoms with van der Waals surface area (Å²) < 4.78 is 5.79. The van der Waals surface area contributed by atoms with Crippen molar-refractivity contribution in [1.82, 2.24) is 0 Å². The Hall–Kier alpha value is -1.79. The zero-order valence-electron chi connectivity index (χ0n) is 17.7. The van der Waals surface area contributed by atoms with Crippen LogP contribution in [0.15, 0.2) is 24.3 Å². The van der Waals surface area contributed by atoms with Crippen molar-refractivity contribution >= 4 is 5.97 Å². The molecule has 1 N–H and O–H groups in total. The first-order valence-corrected chi connectivity index (χ1v) is 11.1. The largest absolute Gasteiger partial charge is 0.481 e. The SMILES string of the molecule is CCCCCCCCCCCOCc1ccc(CC#CCCCC(=O)O)cc1. The molecule has 3 heteroatoms. The summed E-state index contributed by atoms with van der Waals surface area (Å²) in [5.74, 6) is 5.40. The lowest BCUT2D eigenvalue weighted by molar-refractivity contribution is -0.137. The molecule has 0 atom stereocenters. The lowest BCUT2D eigenvalue weighted by atomic mass is 10.1. The Morgan fingerprint density at radius 1 is 0.857 bits per heavy atom. The monoisotopic (exact) mass is 386 g/mol. The van der Waals surface area contributed by atoms with E-state index in [1.807, 2.05) is 0 Å². The molecule has 0 aliphatic rings. The van der Waals surface area contributed by atoms with Crippen molar-refractivity contribution in [2.45, 2.75) is 97.0 Å². The van der Waals surface area contributed by atoms with E-state index in [1.165, 1.54) is 62.5 Å². The summed E-state index contributed by atoms with van der Waals surface area (Å²) in [5.41, 5.74) is 2.39. The predicted octanol–water partition coefficient (Wildman–Crippen LogP) is 6.53. The van der Waals surface area contributed by atoms with E-state index in [2.05, 4.69) is 43.0 Å². The minimum absolute atomic E-state index is 0.197. The fourth-order valence-corrected chi connectivity index (χ4v) is 3.04. The molecule has 0 unspecified atom stereocenters. The van der Waals surface area contributed by atoms with E-state index in [1.54, 1.807) is 0 Å². The van der Waals surface area contributed by atoms with Crippen LogP contribution in [0.4, 0.5) is 0 Å². The highest BCUT2D eigenvalue weighted by Crippen LogP contribution is 2.10. The van der Waals surface area contributed by atoms with Crippen molar-refractivity contribution in [3.63, 3.8) is 0 Å². The highest BCUT2D eigenvalue weighted by Gasteiger charge is 1.97. The molecule has 0 amide bonds. The van der Waals surface area contributed by atoms with Crippen LogP contribution in [-0.2, 0) is 22.6 Å². The number of benzene rings is 1. The molecular formula is C25H38O3. The average molecular weight is 387 g/mol. The summed E-state index contributed by atoms with van der Waals surface area (Å²) >= 11 is 0. The number of carboxylic acid groups (broad SMARTS) is 1. The number of rotatable bonds is 16. The van der Waals surface area contributed by atoms with Gasteiger partial charge in [0.2, 0.25) is 0 Å². The van der Waals surface area contributed by atoms with Crippen molar-refractivity contribution in [2.75, 3.05) is 6.61 Å². The van der Waals surface area contributed by atoms with Crippen molar-refractivity contribution in [3.05, 3.63) is 35.4 Å². The van der Waals surface area contributed by atoms with Crippen LogP contribution in [0.5, 0.6) is 0 Å². The van der Waals surface area contributed by atoms with Crippen LogP contribution in [0.1, 0.15) is 95.1 Å². The Morgan fingerprint density at radius 2 is 1.46 bits per heavy atom. The van der Waals surface area contributed by atoms with Crippen LogP contribution in [0.3, 0.4) is 0 Å². The Balaban J connectivity index is 2.01. The molecule has 156 valence electrons. The standard InChI is InChI=1S/C25H38O3/c1-2-3-4-5-6-7-8-11-14-21-28-22-24-19-17-23(18-20-24)15-12-9-10-13-16-25(26)27/h17-20H,2-8,10-11,13-16,21-22H2,1H3,(H,26,27). The third-order valence-electron chi connectivity index (χ3n) is 4.79. The van der Waals surface area contributed by atoms with Crippen molar-refractivity contribution < 1.29 is 14.6 Å². The Kier molecular flexibility index (Phi) is 15.0. The van der Waals surface area contributed by atoms with Gasteiger partial charge in [0.05, 0.1) is 6.61 Å². The Morgan fingerprint density at radius 3 is 2.11 bits per heavy atom. The van der Waals surface area contributed by atoms with E-state index in [0.717, 1.165) is 13.0 Å². The number of hydrogen-bond donors (Lipinski definition) is 1. The number of carbonyl (C=O) groups is 1. The number of aliphatic carboxylic acids is 1. The van der Waals surface area contributed by atoms with Gasteiger partial charge >= 0.3 is 5.97 Å². The molecule has 1 rings (SSSR count). The molecule has 0 aliphatic heterocycles. The molecule has 0 saturated carbocycles. The molecule has 3 nitrogen and oxygen atoms in total. The summed E-state index contributed by atoms with van der Waals surface area (Å²) in [6.07, 6.45) is 14.2. The van der Waals surface area contributed by atoms with E-state index < -0.39 is 5.97 Å². The number of hydrogen-bond acceptors (Lipinski definition) is 2. The second kappa shape index (κ2) is 17.3.